The number of aliphatic hydroxyl groups is 1. The Balaban J connectivity index is 4.38. The van der Waals surface area contributed by atoms with Crippen LogP contribution in [0.3, 0.4) is 0 Å². The summed E-state index contributed by atoms with van der Waals surface area (Å²) in [5, 5.41) is 8.81. The highest BCUT2D eigenvalue weighted by Crippen LogP contribution is 2.42. The van der Waals surface area contributed by atoms with E-state index in [2.05, 4.69) is 4.52 Å². The van der Waals surface area contributed by atoms with Crippen LogP contribution >= 0.6 is 7.60 Å². The molecule has 0 amide bonds. The maximum atomic E-state index is 11.1. The third-order valence-corrected chi connectivity index (χ3v) is 2.82. The Morgan fingerprint density at radius 1 is 1.50 bits per heavy atom. The first-order chi connectivity index (χ1) is 7.45. The number of aliphatic hydroxyl groups excluding tert-OH is 1. The van der Waals surface area contributed by atoms with Crippen molar-refractivity contribution in [2.75, 3.05) is 27.4 Å². The van der Waals surface area contributed by atoms with E-state index in [0.29, 0.717) is 0 Å². The molecule has 0 aromatic heterocycles. The third kappa shape index (κ3) is 7.17. The third-order valence-electron chi connectivity index (χ3n) is 1.75. The van der Waals surface area contributed by atoms with Gasteiger partial charge in [0.1, 0.15) is 7.85 Å². The van der Waals surface area contributed by atoms with Crippen molar-refractivity contribution < 1.29 is 28.6 Å². The molecule has 16 heavy (non-hydrogen) atoms. The number of ether oxygens (including phenoxy) is 2. The van der Waals surface area contributed by atoms with Crippen molar-refractivity contribution in [3.05, 3.63) is 11.9 Å². The van der Waals surface area contributed by atoms with Crippen LogP contribution in [0.1, 0.15) is 0 Å². The van der Waals surface area contributed by atoms with Crippen LogP contribution in [0.2, 0.25) is 0 Å². The highest BCUT2D eigenvalue weighted by Gasteiger charge is 2.15. The van der Waals surface area contributed by atoms with E-state index in [4.69, 9.17) is 19.5 Å². The molecule has 0 heterocycles. The van der Waals surface area contributed by atoms with Crippen LogP contribution in [0.15, 0.2) is 11.9 Å². The molecule has 0 aliphatic rings. The molecule has 94 valence electrons. The van der Waals surface area contributed by atoms with Gasteiger partial charge in [0.15, 0.2) is 0 Å². The van der Waals surface area contributed by atoms with Gasteiger partial charge in [0.2, 0.25) is 0 Å². The molecule has 0 rings (SSSR count). The van der Waals surface area contributed by atoms with Gasteiger partial charge in [-0.3, -0.25) is 4.57 Å². The van der Waals surface area contributed by atoms with E-state index < -0.39 is 13.7 Å². The van der Waals surface area contributed by atoms with Crippen molar-refractivity contribution in [1.82, 2.24) is 0 Å². The van der Waals surface area contributed by atoms with Crippen LogP contribution in [0.4, 0.5) is 0 Å². The second kappa shape index (κ2) is 8.00. The Bertz CT molecular complexity index is 259. The molecule has 0 radical (unpaired) electrons. The van der Waals surface area contributed by atoms with Gasteiger partial charge in [-0.05, 0) is 6.08 Å². The Morgan fingerprint density at radius 2 is 2.12 bits per heavy atom. The zero-order valence-electron chi connectivity index (χ0n) is 9.70. The standard InChI is InChI=1S/C8H18BO6P/c1-13-6-7(15-8(9)5-10)3-4-16(11,12)14-2/h3-4,7-8,10H,5-6,9H2,1-2H3,(H,11,12)/b4-3+/t7-,8-/m1/s1. The van der Waals surface area contributed by atoms with Gasteiger partial charge in [-0.2, -0.15) is 0 Å². The Hall–Kier alpha value is -0.165. The van der Waals surface area contributed by atoms with Crippen molar-refractivity contribution in [2.45, 2.75) is 12.1 Å². The van der Waals surface area contributed by atoms with Crippen LogP contribution in [0.5, 0.6) is 0 Å². The first kappa shape index (κ1) is 15.8. The molecule has 0 aromatic carbocycles. The minimum Gasteiger partial charge on any atom is -0.394 e. The second-order valence-corrected chi connectivity index (χ2v) is 5.00. The molecular weight excluding hydrogens is 234 g/mol. The smallest absolute Gasteiger partial charge is 0.351 e. The van der Waals surface area contributed by atoms with Gasteiger partial charge < -0.3 is 24.0 Å². The van der Waals surface area contributed by atoms with Crippen molar-refractivity contribution in [3.8, 4) is 0 Å². The maximum Gasteiger partial charge on any atom is 0.351 e. The summed E-state index contributed by atoms with van der Waals surface area (Å²) in [5.41, 5.74) is 0. The SMILES string of the molecule is B[C@@H](CO)O[C@H](/C=C/P(=O)(O)OC)COC. The quantitative estimate of drug-likeness (QED) is 0.439. The maximum absolute atomic E-state index is 11.1. The van der Waals surface area contributed by atoms with Gasteiger partial charge >= 0.3 is 7.60 Å². The molecule has 0 bridgehead atoms. The van der Waals surface area contributed by atoms with E-state index in [1.54, 1.807) is 7.85 Å². The monoisotopic (exact) mass is 252 g/mol. The van der Waals surface area contributed by atoms with Crippen molar-refractivity contribution >= 4 is 15.4 Å². The molecular formula is C8H18BO6P. The van der Waals surface area contributed by atoms with Crippen molar-refractivity contribution in [3.63, 3.8) is 0 Å². The van der Waals surface area contributed by atoms with E-state index >= 15 is 0 Å². The van der Waals surface area contributed by atoms with Gasteiger partial charge in [-0.25, -0.2) is 0 Å². The summed E-state index contributed by atoms with van der Waals surface area (Å²) in [5.74, 6) is 1.04. The molecule has 1 unspecified atom stereocenters. The second-order valence-electron chi connectivity index (χ2n) is 3.21. The lowest BCUT2D eigenvalue weighted by Crippen LogP contribution is -2.27. The number of methoxy groups -OCH3 is 1. The summed E-state index contributed by atoms with van der Waals surface area (Å²) in [7, 11) is 0.640. The van der Waals surface area contributed by atoms with Crippen molar-refractivity contribution in [2.24, 2.45) is 0 Å². The van der Waals surface area contributed by atoms with Gasteiger partial charge in [0.25, 0.3) is 0 Å². The van der Waals surface area contributed by atoms with Gasteiger partial charge in [-0.1, -0.05) is 0 Å². The highest BCUT2D eigenvalue weighted by atomic mass is 31.2. The molecule has 0 aliphatic carbocycles. The summed E-state index contributed by atoms with van der Waals surface area (Å²) >= 11 is 0. The fourth-order valence-electron chi connectivity index (χ4n) is 0.912. The lowest BCUT2D eigenvalue weighted by atomic mass is 10.0. The predicted molar refractivity (Wildman–Crippen MR) is 62.1 cm³/mol. The average Bonchev–Trinajstić information content (AvgIpc) is 2.26. The summed E-state index contributed by atoms with van der Waals surface area (Å²) in [6, 6.07) is -0.370. The average molecular weight is 252 g/mol. The Kier molecular flexibility index (Phi) is 7.92. The number of hydrogen-bond donors (Lipinski definition) is 2. The van der Waals surface area contributed by atoms with Crippen LogP contribution in [-0.2, 0) is 18.6 Å². The van der Waals surface area contributed by atoms with Crippen LogP contribution in [-0.4, -0.2) is 57.4 Å². The van der Waals surface area contributed by atoms with Gasteiger partial charge in [-0.15, -0.1) is 0 Å². The van der Waals surface area contributed by atoms with Gasteiger partial charge in [0.05, 0.1) is 19.3 Å². The molecule has 0 saturated carbocycles. The summed E-state index contributed by atoms with van der Waals surface area (Å²) < 4.78 is 25.7. The van der Waals surface area contributed by atoms with E-state index in [1.165, 1.54) is 13.2 Å². The molecule has 0 aliphatic heterocycles. The van der Waals surface area contributed by atoms with E-state index in [-0.39, 0.29) is 19.2 Å². The summed E-state index contributed by atoms with van der Waals surface area (Å²) in [6.07, 6.45) is 0.891. The Morgan fingerprint density at radius 3 is 2.56 bits per heavy atom. The lowest BCUT2D eigenvalue weighted by Gasteiger charge is -2.18. The molecule has 2 N–H and O–H groups in total. The topological polar surface area (TPSA) is 85.2 Å². The minimum atomic E-state index is -3.68. The van der Waals surface area contributed by atoms with Gasteiger partial charge in [0, 0.05) is 26.0 Å². The first-order valence-electron chi connectivity index (χ1n) is 4.78. The molecule has 6 nitrogen and oxygen atoms in total. The predicted octanol–water partition coefficient (Wildman–Crippen LogP) is -0.685. The van der Waals surface area contributed by atoms with Crippen LogP contribution in [0.25, 0.3) is 0 Å². The zero-order valence-corrected chi connectivity index (χ0v) is 10.6. The van der Waals surface area contributed by atoms with Crippen LogP contribution < -0.4 is 0 Å². The zero-order chi connectivity index (χ0) is 12.6. The summed E-state index contributed by atoms with van der Waals surface area (Å²) in [6.45, 7) is 0.0969. The molecule has 8 heteroatoms. The highest BCUT2D eigenvalue weighted by molar-refractivity contribution is 7.56. The van der Waals surface area contributed by atoms with E-state index in [0.717, 1.165) is 12.9 Å². The van der Waals surface area contributed by atoms with Crippen molar-refractivity contribution in [1.29, 1.82) is 0 Å². The largest absolute Gasteiger partial charge is 0.394 e. The molecule has 0 saturated heterocycles. The first-order valence-corrected chi connectivity index (χ1v) is 6.42. The fraction of sp³-hybridized carbons (Fsp3) is 0.750. The normalized spacial score (nSPS) is 19.5. The Labute approximate surface area is 96.1 Å². The number of rotatable bonds is 8. The molecule has 3 atom stereocenters. The fourth-order valence-corrected chi connectivity index (χ4v) is 1.44. The van der Waals surface area contributed by atoms with E-state index in [9.17, 15) is 4.57 Å². The number of hydrogen-bond acceptors (Lipinski definition) is 5. The van der Waals surface area contributed by atoms with Crippen LogP contribution in [0, 0.1) is 0 Å². The minimum absolute atomic E-state index is 0.130. The lowest BCUT2D eigenvalue weighted by molar-refractivity contribution is -0.0100. The molecule has 0 fully saturated rings. The van der Waals surface area contributed by atoms with E-state index in [1.807, 2.05) is 0 Å². The molecule has 0 spiro atoms. The summed E-state index contributed by atoms with van der Waals surface area (Å²) in [4.78, 5) is 9.13. The molecule has 0 aromatic rings.